The number of thiocarbonyl (C=S) groups is 1. The van der Waals surface area contributed by atoms with Gasteiger partial charge in [-0.1, -0.05) is 43.7 Å². The lowest BCUT2D eigenvalue weighted by atomic mass is 10.0. The van der Waals surface area contributed by atoms with Crippen LogP contribution in [0.3, 0.4) is 0 Å². The van der Waals surface area contributed by atoms with Gasteiger partial charge < -0.3 is 15.5 Å². The fraction of sp³-hybridized carbons (Fsp3) is 0.421. The highest BCUT2D eigenvalue weighted by Crippen LogP contribution is 2.26. The molecular weight excluding hydrogens is 334 g/mol. The van der Waals surface area contributed by atoms with E-state index < -0.39 is 0 Å². The number of aryl methyl sites for hydroxylation is 1. The van der Waals surface area contributed by atoms with Gasteiger partial charge in [0.2, 0.25) is 0 Å². The van der Waals surface area contributed by atoms with Gasteiger partial charge in [-0.3, -0.25) is 0 Å². The summed E-state index contributed by atoms with van der Waals surface area (Å²) in [5, 5.41) is 9.58. The Morgan fingerprint density at radius 3 is 2.54 bits per heavy atom. The molecule has 0 aliphatic rings. The normalized spacial score (nSPS) is 12.2. The number of hydrogen-bond donors (Lipinski definition) is 2. The Bertz CT molecular complexity index is 606. The summed E-state index contributed by atoms with van der Waals surface area (Å²) < 4.78 is 0. The Morgan fingerprint density at radius 2 is 1.96 bits per heavy atom. The van der Waals surface area contributed by atoms with E-state index in [2.05, 4.69) is 78.3 Å². The minimum Gasteiger partial charge on any atom is -0.361 e. The molecule has 0 saturated carbocycles. The summed E-state index contributed by atoms with van der Waals surface area (Å²) in [6, 6.07) is 13.2. The molecule has 2 N–H and O–H groups in total. The van der Waals surface area contributed by atoms with Gasteiger partial charge in [0.05, 0.1) is 6.04 Å². The first kappa shape index (κ1) is 18.9. The highest BCUT2D eigenvalue weighted by molar-refractivity contribution is 7.80. The molecular formula is C19H27N3S2. The van der Waals surface area contributed by atoms with Gasteiger partial charge in [-0.15, -0.1) is 11.3 Å². The molecule has 130 valence electrons. The fourth-order valence-corrected chi connectivity index (χ4v) is 3.54. The maximum Gasteiger partial charge on any atom is 0.167 e. The maximum atomic E-state index is 5.49. The number of nitrogens with one attached hydrogen (secondary N) is 2. The highest BCUT2D eigenvalue weighted by Gasteiger charge is 2.16. The molecule has 0 amide bonds. The van der Waals surface area contributed by atoms with Crippen molar-refractivity contribution in [2.75, 3.05) is 27.2 Å². The second kappa shape index (κ2) is 9.77. The van der Waals surface area contributed by atoms with Crippen LogP contribution in [0.2, 0.25) is 0 Å². The van der Waals surface area contributed by atoms with Crippen LogP contribution < -0.4 is 10.6 Å². The second-order valence-corrected chi connectivity index (χ2v) is 7.53. The van der Waals surface area contributed by atoms with E-state index in [0.29, 0.717) is 5.11 Å². The van der Waals surface area contributed by atoms with E-state index in [1.54, 1.807) is 11.3 Å². The quantitative estimate of drug-likeness (QED) is 0.699. The van der Waals surface area contributed by atoms with Crippen molar-refractivity contribution in [2.45, 2.75) is 25.8 Å². The summed E-state index contributed by atoms with van der Waals surface area (Å²) in [6.07, 6.45) is 2.30. The number of rotatable bonds is 8. The van der Waals surface area contributed by atoms with Crippen LogP contribution in [-0.4, -0.2) is 37.2 Å². The first-order valence-electron chi connectivity index (χ1n) is 8.41. The number of benzene rings is 1. The Labute approximate surface area is 155 Å². The maximum absolute atomic E-state index is 5.49. The van der Waals surface area contributed by atoms with Gasteiger partial charge in [0.25, 0.3) is 0 Å². The lowest BCUT2D eigenvalue weighted by Crippen LogP contribution is -2.40. The van der Waals surface area contributed by atoms with Crippen molar-refractivity contribution in [3.63, 3.8) is 0 Å². The molecule has 24 heavy (non-hydrogen) atoms. The average Bonchev–Trinajstić information content (AvgIpc) is 3.08. The van der Waals surface area contributed by atoms with Crippen LogP contribution in [0.1, 0.15) is 35.4 Å². The first-order valence-corrected chi connectivity index (χ1v) is 9.70. The van der Waals surface area contributed by atoms with Crippen molar-refractivity contribution in [1.82, 2.24) is 15.5 Å². The van der Waals surface area contributed by atoms with Crippen LogP contribution >= 0.6 is 23.6 Å². The third-order valence-electron chi connectivity index (χ3n) is 3.80. The predicted molar refractivity (Wildman–Crippen MR) is 109 cm³/mol. The molecule has 1 heterocycles. The average molecular weight is 362 g/mol. The van der Waals surface area contributed by atoms with E-state index in [9.17, 15) is 0 Å². The lowest BCUT2D eigenvalue weighted by Gasteiger charge is -2.21. The zero-order chi connectivity index (χ0) is 17.4. The van der Waals surface area contributed by atoms with Gasteiger partial charge in [-0.2, -0.15) is 0 Å². The minimum absolute atomic E-state index is 0.0973. The number of hydrogen-bond acceptors (Lipinski definition) is 3. The summed E-state index contributed by atoms with van der Waals surface area (Å²) >= 11 is 7.24. The van der Waals surface area contributed by atoms with E-state index in [1.807, 2.05) is 0 Å². The molecule has 0 saturated heterocycles. The second-order valence-electron chi connectivity index (χ2n) is 6.14. The van der Waals surface area contributed by atoms with Gasteiger partial charge in [0.15, 0.2) is 5.11 Å². The molecule has 1 aromatic heterocycles. The van der Waals surface area contributed by atoms with Gasteiger partial charge in [-0.25, -0.2) is 0 Å². The predicted octanol–water partition coefficient (Wildman–Crippen LogP) is 3.82. The van der Waals surface area contributed by atoms with Crippen LogP contribution in [0, 0.1) is 0 Å². The molecule has 0 fully saturated rings. The van der Waals surface area contributed by atoms with Crippen molar-refractivity contribution in [1.29, 1.82) is 0 Å². The molecule has 1 atom stereocenters. The van der Waals surface area contributed by atoms with Crippen molar-refractivity contribution >= 4 is 28.7 Å². The summed E-state index contributed by atoms with van der Waals surface area (Å²) in [7, 11) is 4.12. The topological polar surface area (TPSA) is 27.3 Å². The van der Waals surface area contributed by atoms with Gasteiger partial charge >= 0.3 is 0 Å². The van der Waals surface area contributed by atoms with Crippen LogP contribution in [0.5, 0.6) is 0 Å². The molecule has 5 heteroatoms. The molecule has 0 radical (unpaired) electrons. The Kier molecular flexibility index (Phi) is 7.69. The summed E-state index contributed by atoms with van der Waals surface area (Å²) in [5.74, 6) is 0. The molecule has 0 bridgehead atoms. The Hall–Kier alpha value is -1.43. The van der Waals surface area contributed by atoms with Crippen molar-refractivity contribution in [2.24, 2.45) is 0 Å². The first-order chi connectivity index (χ1) is 11.6. The van der Waals surface area contributed by atoms with Crippen LogP contribution in [0.4, 0.5) is 0 Å². The number of nitrogens with zero attached hydrogens (tertiary/aromatic N) is 1. The molecule has 2 aromatic rings. The summed E-state index contributed by atoms with van der Waals surface area (Å²) in [6.45, 7) is 4.00. The molecule has 2 rings (SSSR count). The van der Waals surface area contributed by atoms with E-state index >= 15 is 0 Å². The molecule has 1 aromatic carbocycles. The fourth-order valence-electron chi connectivity index (χ4n) is 2.51. The van der Waals surface area contributed by atoms with Crippen LogP contribution in [0.15, 0.2) is 41.8 Å². The van der Waals surface area contributed by atoms with E-state index in [4.69, 9.17) is 12.2 Å². The SMILES string of the molecule is CCCc1ccc([C@H](NC(=S)NCCN(C)C)c2cccs2)cc1. The molecule has 0 aliphatic heterocycles. The number of thiophene rings is 1. The lowest BCUT2D eigenvalue weighted by molar-refractivity contribution is 0.412. The largest absolute Gasteiger partial charge is 0.361 e. The summed E-state index contributed by atoms with van der Waals surface area (Å²) in [5.41, 5.74) is 2.63. The van der Waals surface area contributed by atoms with E-state index in [-0.39, 0.29) is 6.04 Å². The van der Waals surface area contributed by atoms with Gasteiger partial charge in [0, 0.05) is 18.0 Å². The van der Waals surface area contributed by atoms with Crippen LogP contribution in [0.25, 0.3) is 0 Å². The van der Waals surface area contributed by atoms with Crippen molar-refractivity contribution in [3.8, 4) is 0 Å². The Balaban J connectivity index is 2.06. The molecule has 0 aliphatic carbocycles. The molecule has 3 nitrogen and oxygen atoms in total. The Morgan fingerprint density at radius 1 is 1.21 bits per heavy atom. The highest BCUT2D eigenvalue weighted by atomic mass is 32.1. The third kappa shape index (κ3) is 5.89. The van der Waals surface area contributed by atoms with Crippen molar-refractivity contribution < 1.29 is 0 Å². The van der Waals surface area contributed by atoms with Gasteiger partial charge in [-0.05, 0) is 55.3 Å². The monoisotopic (exact) mass is 361 g/mol. The number of likely N-dealkylation sites (N-methyl/N-ethyl adjacent to an activating group) is 1. The van der Waals surface area contributed by atoms with E-state index in [0.717, 1.165) is 19.5 Å². The molecule has 0 unspecified atom stereocenters. The van der Waals surface area contributed by atoms with E-state index in [1.165, 1.54) is 22.4 Å². The minimum atomic E-state index is 0.0973. The molecule has 0 spiro atoms. The van der Waals surface area contributed by atoms with Crippen LogP contribution in [-0.2, 0) is 6.42 Å². The summed E-state index contributed by atoms with van der Waals surface area (Å²) in [4.78, 5) is 3.41. The van der Waals surface area contributed by atoms with Gasteiger partial charge in [0.1, 0.15) is 0 Å². The standard InChI is InChI=1S/C19H27N3S2/c1-4-6-15-8-10-16(11-9-15)18(17-7-5-14-24-17)21-19(23)20-12-13-22(2)3/h5,7-11,14,18H,4,6,12-13H2,1-3H3,(H2,20,21,23)/t18-/m0/s1. The zero-order valence-electron chi connectivity index (χ0n) is 14.7. The smallest absolute Gasteiger partial charge is 0.167 e. The zero-order valence-corrected chi connectivity index (χ0v) is 16.3. The van der Waals surface area contributed by atoms with Crippen molar-refractivity contribution in [3.05, 3.63) is 57.8 Å². The third-order valence-corrected chi connectivity index (χ3v) is 5.00.